The second-order valence-corrected chi connectivity index (χ2v) is 2.80. The fourth-order valence-corrected chi connectivity index (χ4v) is 0.964. The van der Waals surface area contributed by atoms with Gasteiger partial charge in [-0.2, -0.15) is 0 Å². The second-order valence-electron chi connectivity index (χ2n) is 1.82. The lowest BCUT2D eigenvalue weighted by atomic mass is 10.2. The van der Waals surface area contributed by atoms with Crippen LogP contribution in [-0.2, 0) is 0 Å². The van der Waals surface area contributed by atoms with Crippen molar-refractivity contribution >= 4 is 26.4 Å². The quantitative estimate of drug-likeness (QED) is 0.609. The molecule has 0 heterocycles. The van der Waals surface area contributed by atoms with Gasteiger partial charge in [0.15, 0.2) is 0 Å². The molecule has 0 bridgehead atoms. The summed E-state index contributed by atoms with van der Waals surface area (Å²) in [5.41, 5.74) is 0.528. The molecular formula is C7H5IO2. The van der Waals surface area contributed by atoms with Gasteiger partial charge in [0.2, 0.25) is 3.79 Å². The summed E-state index contributed by atoms with van der Waals surface area (Å²) in [5.74, 6) is 0.127. The van der Waals surface area contributed by atoms with Crippen LogP contribution in [0.3, 0.4) is 0 Å². The van der Waals surface area contributed by atoms with Gasteiger partial charge in [0.05, 0.1) is 0 Å². The third-order valence-electron chi connectivity index (χ3n) is 1.07. The fraction of sp³-hybridized carbons (Fsp3) is 0. The van der Waals surface area contributed by atoms with E-state index in [2.05, 4.69) is 0 Å². The van der Waals surface area contributed by atoms with Crippen molar-refractivity contribution in [3.05, 3.63) is 29.8 Å². The number of phenols is 1. The average Bonchev–Trinajstić information content (AvgIpc) is 1.88. The minimum Gasteiger partial charge on any atom is -0.508 e. The van der Waals surface area contributed by atoms with E-state index in [1.165, 1.54) is 12.1 Å². The molecule has 1 aromatic carbocycles. The first-order valence-electron chi connectivity index (χ1n) is 2.69. The van der Waals surface area contributed by atoms with Crippen LogP contribution >= 0.6 is 22.6 Å². The first kappa shape index (κ1) is 7.53. The summed E-state index contributed by atoms with van der Waals surface area (Å²) in [6.45, 7) is 0. The number of phenolic OH excluding ortho intramolecular Hbond substituents is 1. The highest BCUT2D eigenvalue weighted by Crippen LogP contribution is 2.13. The van der Waals surface area contributed by atoms with Crippen molar-refractivity contribution in [1.82, 2.24) is 0 Å². The Kier molecular flexibility index (Phi) is 2.26. The number of carbonyl (C=O) groups excluding carboxylic acids is 1. The van der Waals surface area contributed by atoms with E-state index < -0.39 is 0 Å². The summed E-state index contributed by atoms with van der Waals surface area (Å²) in [5, 5.41) is 8.91. The van der Waals surface area contributed by atoms with Gasteiger partial charge in [0, 0.05) is 28.2 Å². The highest BCUT2D eigenvalue weighted by Gasteiger charge is 1.99. The monoisotopic (exact) mass is 248 g/mol. The van der Waals surface area contributed by atoms with Gasteiger partial charge in [0.25, 0.3) is 0 Å². The minimum absolute atomic E-state index is 0.0616. The Hall–Kier alpha value is -0.580. The van der Waals surface area contributed by atoms with E-state index in [1.807, 2.05) is 0 Å². The van der Waals surface area contributed by atoms with E-state index in [4.69, 9.17) is 5.11 Å². The van der Waals surface area contributed by atoms with Crippen molar-refractivity contribution in [2.24, 2.45) is 0 Å². The zero-order valence-corrected chi connectivity index (χ0v) is 7.20. The fourth-order valence-electron chi connectivity index (χ4n) is 0.628. The molecule has 0 saturated carbocycles. The van der Waals surface area contributed by atoms with Crippen LogP contribution in [0, 0.1) is 0 Å². The maximum Gasteiger partial charge on any atom is 0.222 e. The Labute approximate surface area is 72.0 Å². The van der Waals surface area contributed by atoms with Gasteiger partial charge in [-0.15, -0.1) is 0 Å². The molecule has 2 nitrogen and oxygen atoms in total. The Morgan fingerprint density at radius 3 is 2.60 bits per heavy atom. The van der Waals surface area contributed by atoms with Crippen molar-refractivity contribution in [3.8, 4) is 5.75 Å². The van der Waals surface area contributed by atoms with Crippen LogP contribution in [0.5, 0.6) is 5.75 Å². The largest absolute Gasteiger partial charge is 0.508 e. The molecule has 0 aliphatic heterocycles. The number of benzene rings is 1. The van der Waals surface area contributed by atoms with E-state index in [9.17, 15) is 4.79 Å². The average molecular weight is 248 g/mol. The van der Waals surface area contributed by atoms with Crippen molar-refractivity contribution < 1.29 is 9.90 Å². The standard InChI is InChI=1S/C7H5IO2/c8-7(10)5-2-1-3-6(9)4-5/h1-4,9H. The molecule has 0 aliphatic rings. The van der Waals surface area contributed by atoms with Crippen LogP contribution in [0.1, 0.15) is 10.4 Å². The first-order valence-corrected chi connectivity index (χ1v) is 3.77. The summed E-state index contributed by atoms with van der Waals surface area (Å²) in [4.78, 5) is 10.7. The molecular weight excluding hydrogens is 243 g/mol. The van der Waals surface area contributed by atoms with Crippen molar-refractivity contribution in [2.45, 2.75) is 0 Å². The normalized spacial score (nSPS) is 9.30. The summed E-state index contributed by atoms with van der Waals surface area (Å²) < 4.78 is -0.0616. The predicted octanol–water partition coefficient (Wildman–Crippen LogP) is 1.97. The Morgan fingerprint density at radius 2 is 2.20 bits per heavy atom. The van der Waals surface area contributed by atoms with E-state index in [0.717, 1.165) is 0 Å². The molecule has 1 rings (SSSR count). The van der Waals surface area contributed by atoms with E-state index >= 15 is 0 Å². The maximum atomic E-state index is 10.7. The molecule has 0 fully saturated rings. The van der Waals surface area contributed by atoms with Crippen LogP contribution in [-0.4, -0.2) is 8.90 Å². The van der Waals surface area contributed by atoms with Crippen LogP contribution < -0.4 is 0 Å². The molecule has 0 amide bonds. The Balaban J connectivity index is 3.07. The molecule has 1 N–H and O–H groups in total. The molecule has 52 valence electrons. The summed E-state index contributed by atoms with van der Waals surface area (Å²) in [7, 11) is 0. The van der Waals surface area contributed by atoms with E-state index in [1.54, 1.807) is 34.7 Å². The van der Waals surface area contributed by atoms with Crippen LogP contribution in [0.4, 0.5) is 0 Å². The number of carbonyl (C=O) groups is 1. The number of halogens is 1. The lowest BCUT2D eigenvalue weighted by Crippen LogP contribution is -1.84. The van der Waals surface area contributed by atoms with E-state index in [-0.39, 0.29) is 9.54 Å². The highest BCUT2D eigenvalue weighted by molar-refractivity contribution is 14.1. The van der Waals surface area contributed by atoms with Crippen LogP contribution in [0.2, 0.25) is 0 Å². The third-order valence-corrected chi connectivity index (χ3v) is 1.70. The van der Waals surface area contributed by atoms with Gasteiger partial charge >= 0.3 is 0 Å². The molecule has 0 aliphatic carbocycles. The highest BCUT2D eigenvalue weighted by atomic mass is 127. The number of hydrogen-bond acceptors (Lipinski definition) is 2. The van der Waals surface area contributed by atoms with Crippen LogP contribution in [0.15, 0.2) is 24.3 Å². The zero-order valence-electron chi connectivity index (χ0n) is 5.04. The van der Waals surface area contributed by atoms with Gasteiger partial charge in [-0.05, 0) is 12.1 Å². The summed E-state index contributed by atoms with van der Waals surface area (Å²) in [6.07, 6.45) is 0. The molecule has 0 radical (unpaired) electrons. The van der Waals surface area contributed by atoms with Gasteiger partial charge in [-0.25, -0.2) is 0 Å². The molecule has 0 aromatic heterocycles. The molecule has 10 heavy (non-hydrogen) atoms. The Morgan fingerprint density at radius 1 is 1.50 bits per heavy atom. The molecule has 0 spiro atoms. The molecule has 1 aromatic rings. The molecule has 3 heteroatoms. The predicted molar refractivity (Wildman–Crippen MR) is 46.5 cm³/mol. The number of rotatable bonds is 1. The van der Waals surface area contributed by atoms with Gasteiger partial charge < -0.3 is 5.11 Å². The third kappa shape index (κ3) is 1.70. The van der Waals surface area contributed by atoms with Crippen molar-refractivity contribution in [2.75, 3.05) is 0 Å². The summed E-state index contributed by atoms with van der Waals surface area (Å²) >= 11 is 1.67. The lowest BCUT2D eigenvalue weighted by Gasteiger charge is -1.92. The number of aromatic hydroxyl groups is 1. The summed E-state index contributed by atoms with van der Waals surface area (Å²) in [6, 6.07) is 6.27. The number of hydrogen-bond donors (Lipinski definition) is 1. The minimum atomic E-state index is -0.0616. The zero-order chi connectivity index (χ0) is 7.56. The smallest absolute Gasteiger partial charge is 0.222 e. The molecule has 0 atom stereocenters. The maximum absolute atomic E-state index is 10.7. The SMILES string of the molecule is O=C(I)c1cccc(O)c1. The first-order chi connectivity index (χ1) is 4.70. The van der Waals surface area contributed by atoms with Gasteiger partial charge in [-0.1, -0.05) is 12.1 Å². The topological polar surface area (TPSA) is 37.3 Å². The van der Waals surface area contributed by atoms with Gasteiger partial charge in [0.1, 0.15) is 5.75 Å². The molecule has 0 unspecified atom stereocenters. The molecule has 0 saturated heterocycles. The van der Waals surface area contributed by atoms with Crippen molar-refractivity contribution in [3.63, 3.8) is 0 Å². The van der Waals surface area contributed by atoms with Crippen LogP contribution in [0.25, 0.3) is 0 Å². The van der Waals surface area contributed by atoms with Crippen molar-refractivity contribution in [1.29, 1.82) is 0 Å². The Bertz CT molecular complexity index is 258. The lowest BCUT2D eigenvalue weighted by molar-refractivity contribution is 0.110. The van der Waals surface area contributed by atoms with E-state index in [0.29, 0.717) is 5.56 Å². The second kappa shape index (κ2) is 3.01. The van der Waals surface area contributed by atoms with Gasteiger partial charge in [-0.3, -0.25) is 4.79 Å².